The summed E-state index contributed by atoms with van der Waals surface area (Å²) in [5.41, 5.74) is 10.7. The molecule has 5 heteroatoms. The van der Waals surface area contributed by atoms with Crippen LogP contribution in [0.5, 0.6) is 0 Å². The molecule has 118 valence electrons. The number of fused-ring (bicyclic) bond motifs is 2. The fraction of sp³-hybridized carbons (Fsp3) is 0.389. The van der Waals surface area contributed by atoms with Gasteiger partial charge in [-0.25, -0.2) is 9.97 Å². The Morgan fingerprint density at radius 2 is 1.96 bits per heavy atom. The smallest absolute Gasteiger partial charge is 0.270 e. The van der Waals surface area contributed by atoms with Crippen molar-refractivity contribution in [2.45, 2.75) is 44.6 Å². The van der Waals surface area contributed by atoms with Crippen molar-refractivity contribution in [3.05, 3.63) is 52.3 Å². The zero-order valence-corrected chi connectivity index (χ0v) is 13.0. The van der Waals surface area contributed by atoms with E-state index in [1.54, 1.807) is 0 Å². The fourth-order valence-corrected chi connectivity index (χ4v) is 3.73. The van der Waals surface area contributed by atoms with E-state index < -0.39 is 0 Å². The van der Waals surface area contributed by atoms with Crippen LogP contribution in [0.4, 0.5) is 5.95 Å². The Balaban J connectivity index is 1.62. The highest BCUT2D eigenvalue weighted by Crippen LogP contribution is 2.31. The number of nitrogens with two attached hydrogens (primary N) is 1. The summed E-state index contributed by atoms with van der Waals surface area (Å²) in [5.74, 6) is 0.0709. The Hall–Kier alpha value is -2.43. The van der Waals surface area contributed by atoms with E-state index >= 15 is 0 Å². The molecule has 4 rings (SSSR count). The van der Waals surface area contributed by atoms with Crippen molar-refractivity contribution >= 4 is 11.9 Å². The molecule has 5 nitrogen and oxygen atoms in total. The van der Waals surface area contributed by atoms with Gasteiger partial charge in [-0.1, -0.05) is 24.3 Å². The number of nitrogen functional groups attached to an aromatic ring is 1. The molecule has 0 saturated heterocycles. The van der Waals surface area contributed by atoms with Crippen LogP contribution in [0.2, 0.25) is 0 Å². The monoisotopic (exact) mass is 308 g/mol. The lowest BCUT2D eigenvalue weighted by Gasteiger charge is -2.19. The molecule has 1 aromatic carbocycles. The highest BCUT2D eigenvalue weighted by atomic mass is 16.2. The standard InChI is InChI=1S/C18H20N4O/c19-18-21-14-8-4-3-7-13(14)16(22-18)17(23)20-15-10-9-11-5-1-2-6-12(11)15/h1-2,5-6,15H,3-4,7-10H2,(H,20,23)(H2,19,21,22). The van der Waals surface area contributed by atoms with E-state index in [4.69, 9.17) is 5.73 Å². The summed E-state index contributed by atoms with van der Waals surface area (Å²) in [6, 6.07) is 8.36. The number of rotatable bonds is 2. The van der Waals surface area contributed by atoms with Gasteiger partial charge in [0, 0.05) is 11.3 Å². The van der Waals surface area contributed by atoms with Gasteiger partial charge in [0.05, 0.1) is 6.04 Å². The van der Waals surface area contributed by atoms with Crippen LogP contribution in [0.15, 0.2) is 24.3 Å². The van der Waals surface area contributed by atoms with Crippen molar-refractivity contribution in [1.29, 1.82) is 0 Å². The van der Waals surface area contributed by atoms with Crippen molar-refractivity contribution in [3.63, 3.8) is 0 Å². The number of nitrogens with one attached hydrogen (secondary N) is 1. The second-order valence-corrected chi connectivity index (χ2v) is 6.33. The van der Waals surface area contributed by atoms with Crippen molar-refractivity contribution in [3.8, 4) is 0 Å². The van der Waals surface area contributed by atoms with Gasteiger partial charge in [-0.2, -0.15) is 0 Å². The van der Waals surface area contributed by atoms with E-state index in [1.165, 1.54) is 11.1 Å². The third-order valence-corrected chi connectivity index (χ3v) is 4.85. The van der Waals surface area contributed by atoms with Gasteiger partial charge in [-0.05, 0) is 49.7 Å². The van der Waals surface area contributed by atoms with Gasteiger partial charge < -0.3 is 11.1 Å². The number of hydrogen-bond acceptors (Lipinski definition) is 4. The number of amides is 1. The Kier molecular flexibility index (Phi) is 3.48. The SMILES string of the molecule is Nc1nc2c(c(C(=O)NC3CCc4ccccc43)n1)CCCC2. The van der Waals surface area contributed by atoms with Gasteiger partial charge in [0.1, 0.15) is 5.69 Å². The van der Waals surface area contributed by atoms with E-state index in [9.17, 15) is 4.79 Å². The minimum atomic E-state index is -0.126. The topological polar surface area (TPSA) is 80.9 Å². The summed E-state index contributed by atoms with van der Waals surface area (Å²) in [4.78, 5) is 21.3. The van der Waals surface area contributed by atoms with Crippen LogP contribution in [0.25, 0.3) is 0 Å². The number of hydrogen-bond donors (Lipinski definition) is 2. The molecule has 3 N–H and O–H groups in total. The first-order valence-electron chi connectivity index (χ1n) is 8.26. The average Bonchev–Trinajstić information content (AvgIpc) is 2.97. The molecule has 1 unspecified atom stereocenters. The van der Waals surface area contributed by atoms with Gasteiger partial charge in [0.25, 0.3) is 5.91 Å². The number of aryl methyl sites for hydroxylation is 2. The van der Waals surface area contributed by atoms with Crippen LogP contribution >= 0.6 is 0 Å². The summed E-state index contributed by atoms with van der Waals surface area (Å²) >= 11 is 0. The molecule has 0 aliphatic heterocycles. The fourth-order valence-electron chi connectivity index (χ4n) is 3.73. The predicted molar refractivity (Wildman–Crippen MR) is 88.1 cm³/mol. The molecule has 0 bridgehead atoms. The predicted octanol–water partition coefficient (Wildman–Crippen LogP) is 2.35. The van der Waals surface area contributed by atoms with Crippen LogP contribution in [0, 0.1) is 0 Å². The maximum Gasteiger partial charge on any atom is 0.270 e. The Bertz CT molecular complexity index is 772. The molecular formula is C18H20N4O. The lowest BCUT2D eigenvalue weighted by molar-refractivity contribution is 0.0930. The second kappa shape index (κ2) is 5.65. The quantitative estimate of drug-likeness (QED) is 0.892. The van der Waals surface area contributed by atoms with Crippen molar-refractivity contribution in [1.82, 2.24) is 15.3 Å². The first-order chi connectivity index (χ1) is 11.2. The third kappa shape index (κ3) is 2.56. The van der Waals surface area contributed by atoms with Crippen LogP contribution < -0.4 is 11.1 Å². The average molecular weight is 308 g/mol. The molecular weight excluding hydrogens is 288 g/mol. The highest BCUT2D eigenvalue weighted by Gasteiger charge is 2.27. The zero-order valence-electron chi connectivity index (χ0n) is 13.0. The summed E-state index contributed by atoms with van der Waals surface area (Å²) < 4.78 is 0. The normalized spacial score (nSPS) is 19.0. The largest absolute Gasteiger partial charge is 0.368 e. The van der Waals surface area contributed by atoms with Gasteiger partial charge in [0.2, 0.25) is 5.95 Å². The minimum Gasteiger partial charge on any atom is -0.368 e. The first-order valence-corrected chi connectivity index (χ1v) is 8.26. The Morgan fingerprint density at radius 3 is 2.87 bits per heavy atom. The lowest BCUT2D eigenvalue weighted by atomic mass is 9.94. The molecule has 0 radical (unpaired) electrons. The summed E-state index contributed by atoms with van der Waals surface area (Å²) in [6.07, 6.45) is 5.86. The Morgan fingerprint density at radius 1 is 1.13 bits per heavy atom. The molecule has 0 saturated carbocycles. The van der Waals surface area contributed by atoms with Crippen molar-refractivity contribution < 1.29 is 4.79 Å². The second-order valence-electron chi connectivity index (χ2n) is 6.33. The molecule has 1 aromatic heterocycles. The molecule has 1 atom stereocenters. The van der Waals surface area contributed by atoms with E-state index in [0.29, 0.717) is 5.69 Å². The molecule has 0 spiro atoms. The molecule has 2 aromatic rings. The van der Waals surface area contributed by atoms with Crippen LogP contribution in [-0.4, -0.2) is 15.9 Å². The van der Waals surface area contributed by atoms with E-state index in [1.807, 2.05) is 12.1 Å². The number of carbonyl (C=O) groups excluding carboxylic acids is 1. The van der Waals surface area contributed by atoms with E-state index in [2.05, 4.69) is 27.4 Å². The summed E-state index contributed by atoms with van der Waals surface area (Å²) in [7, 11) is 0. The maximum absolute atomic E-state index is 12.8. The molecule has 1 heterocycles. The third-order valence-electron chi connectivity index (χ3n) is 4.85. The number of carbonyl (C=O) groups is 1. The van der Waals surface area contributed by atoms with Gasteiger partial charge >= 0.3 is 0 Å². The van der Waals surface area contributed by atoms with E-state index in [0.717, 1.165) is 49.8 Å². The molecule has 1 amide bonds. The number of nitrogens with zero attached hydrogens (tertiary/aromatic N) is 2. The van der Waals surface area contributed by atoms with Crippen LogP contribution in [0.3, 0.4) is 0 Å². The highest BCUT2D eigenvalue weighted by molar-refractivity contribution is 5.94. The van der Waals surface area contributed by atoms with Crippen LogP contribution in [-0.2, 0) is 19.3 Å². The molecule has 23 heavy (non-hydrogen) atoms. The zero-order chi connectivity index (χ0) is 15.8. The summed E-state index contributed by atoms with van der Waals surface area (Å²) in [5, 5.41) is 3.14. The van der Waals surface area contributed by atoms with Crippen molar-refractivity contribution in [2.24, 2.45) is 0 Å². The van der Waals surface area contributed by atoms with Gasteiger partial charge in [-0.15, -0.1) is 0 Å². The molecule has 2 aliphatic carbocycles. The van der Waals surface area contributed by atoms with Gasteiger partial charge in [0.15, 0.2) is 0 Å². The number of aromatic nitrogens is 2. The lowest BCUT2D eigenvalue weighted by Crippen LogP contribution is -2.30. The maximum atomic E-state index is 12.8. The molecule has 2 aliphatic rings. The minimum absolute atomic E-state index is 0.0640. The van der Waals surface area contributed by atoms with Crippen LogP contribution in [0.1, 0.15) is 58.2 Å². The van der Waals surface area contributed by atoms with E-state index in [-0.39, 0.29) is 17.9 Å². The first kappa shape index (κ1) is 14.2. The summed E-state index contributed by atoms with van der Waals surface area (Å²) in [6.45, 7) is 0. The van der Waals surface area contributed by atoms with Crippen molar-refractivity contribution in [2.75, 3.05) is 5.73 Å². The number of anilines is 1. The number of benzene rings is 1. The Labute approximate surface area is 135 Å². The van der Waals surface area contributed by atoms with Gasteiger partial charge in [-0.3, -0.25) is 4.79 Å². The molecule has 0 fully saturated rings.